The van der Waals surface area contributed by atoms with Crippen LogP contribution in [-0.4, -0.2) is 76.6 Å². The summed E-state index contributed by atoms with van der Waals surface area (Å²) in [6.45, 7) is 10.5. The quantitative estimate of drug-likeness (QED) is 0.283. The van der Waals surface area contributed by atoms with Crippen molar-refractivity contribution in [2.45, 2.75) is 35.8 Å². The summed E-state index contributed by atoms with van der Waals surface area (Å²) in [5, 5.41) is 12.0. The molecule has 0 aromatic heterocycles. The maximum absolute atomic E-state index is 14.7. The van der Waals surface area contributed by atoms with Crippen LogP contribution in [0.25, 0.3) is 10.8 Å². The summed E-state index contributed by atoms with van der Waals surface area (Å²) in [4.78, 5) is 48.4. The third kappa shape index (κ3) is 5.21. The highest BCUT2D eigenvalue weighted by Gasteiger charge is 2.74. The van der Waals surface area contributed by atoms with E-state index in [-0.39, 0.29) is 49.2 Å². The van der Waals surface area contributed by atoms with Gasteiger partial charge in [-0.15, -0.1) is 24.9 Å². The number of hydrogen-bond donors (Lipinski definition) is 1. The molecule has 2 unspecified atom stereocenters. The van der Waals surface area contributed by atoms with Gasteiger partial charge in [-0.2, -0.15) is 0 Å². The zero-order valence-electron chi connectivity index (χ0n) is 25.5. The van der Waals surface area contributed by atoms with Crippen LogP contribution in [0.15, 0.2) is 92.0 Å². The predicted octanol–water partition coefficient (Wildman–Crippen LogP) is 5.06. The number of carbonyl (C=O) groups is 3. The highest BCUT2D eigenvalue weighted by molar-refractivity contribution is 8.02. The van der Waals surface area contributed by atoms with Crippen LogP contribution in [0.3, 0.4) is 0 Å². The first-order valence-corrected chi connectivity index (χ1v) is 16.4. The molecular formula is C36H39N3O5S. The van der Waals surface area contributed by atoms with Gasteiger partial charge in [0.25, 0.3) is 5.91 Å². The first-order chi connectivity index (χ1) is 21.9. The van der Waals surface area contributed by atoms with Crippen LogP contribution in [-0.2, 0) is 14.4 Å². The number of aliphatic hydroxyl groups excluding tert-OH is 1. The van der Waals surface area contributed by atoms with E-state index in [0.717, 1.165) is 17.2 Å². The normalized spacial score (nSPS) is 24.8. The molecule has 3 heterocycles. The van der Waals surface area contributed by atoms with Crippen LogP contribution in [0.2, 0.25) is 0 Å². The molecular weight excluding hydrogens is 586 g/mol. The number of nitrogens with zero attached hydrogens (tertiary/aromatic N) is 3. The number of anilines is 2. The van der Waals surface area contributed by atoms with Crippen molar-refractivity contribution in [2.75, 3.05) is 42.6 Å². The Balaban J connectivity index is 1.36. The zero-order chi connectivity index (χ0) is 31.7. The minimum atomic E-state index is -0.820. The Kier molecular flexibility index (Phi) is 8.75. The van der Waals surface area contributed by atoms with Gasteiger partial charge in [-0.25, -0.2) is 0 Å². The third-order valence-corrected chi connectivity index (χ3v) is 11.3. The van der Waals surface area contributed by atoms with Gasteiger partial charge in [0.15, 0.2) is 0 Å². The number of aliphatic hydroxyl groups is 1. The number of ether oxygens (including phenoxy) is 1. The molecule has 0 aliphatic carbocycles. The molecule has 0 saturated carbocycles. The number of thioether (sulfide) groups is 1. The summed E-state index contributed by atoms with van der Waals surface area (Å²) < 4.78 is 4.82. The fourth-order valence-electron chi connectivity index (χ4n) is 7.53. The van der Waals surface area contributed by atoms with E-state index in [9.17, 15) is 19.5 Å². The van der Waals surface area contributed by atoms with Crippen molar-refractivity contribution in [3.63, 3.8) is 0 Å². The monoisotopic (exact) mass is 625 g/mol. The number of likely N-dealkylation sites (tertiary alicyclic amines) is 1. The lowest BCUT2D eigenvalue weighted by Crippen LogP contribution is -2.55. The first-order valence-electron chi connectivity index (χ1n) is 15.5. The number of hydrogen-bond acceptors (Lipinski definition) is 6. The number of β-amino-alcohol motifs (C(OH)–C–C–N with tert-alkyl or cyclic N) is 1. The summed E-state index contributed by atoms with van der Waals surface area (Å²) in [6.07, 6.45) is 4.74. The molecule has 3 amide bonds. The molecule has 3 aromatic rings. The van der Waals surface area contributed by atoms with Crippen molar-refractivity contribution in [1.82, 2.24) is 4.90 Å². The number of rotatable bonds is 12. The summed E-state index contributed by atoms with van der Waals surface area (Å²) in [6, 6.07) is 20.4. The van der Waals surface area contributed by atoms with E-state index in [2.05, 4.69) is 13.2 Å². The van der Waals surface area contributed by atoms with Gasteiger partial charge in [-0.1, -0.05) is 42.5 Å². The molecule has 8 nitrogen and oxygen atoms in total. The molecule has 2 bridgehead atoms. The first kappa shape index (κ1) is 30.9. The van der Waals surface area contributed by atoms with Crippen molar-refractivity contribution in [3.8, 4) is 5.75 Å². The third-order valence-electron chi connectivity index (χ3n) is 9.32. The Morgan fingerprint density at radius 3 is 2.33 bits per heavy atom. The van der Waals surface area contributed by atoms with Crippen LogP contribution in [0.5, 0.6) is 5.75 Å². The van der Waals surface area contributed by atoms with Gasteiger partial charge in [0.05, 0.1) is 29.8 Å². The van der Waals surface area contributed by atoms with Gasteiger partial charge in [0.1, 0.15) is 11.8 Å². The van der Waals surface area contributed by atoms with Crippen molar-refractivity contribution in [3.05, 3.63) is 92.0 Å². The van der Waals surface area contributed by atoms with Crippen molar-refractivity contribution in [2.24, 2.45) is 11.8 Å². The Morgan fingerprint density at radius 2 is 1.67 bits per heavy atom. The van der Waals surface area contributed by atoms with Crippen LogP contribution in [0.4, 0.5) is 11.4 Å². The number of amides is 3. The molecule has 3 aliphatic heterocycles. The van der Waals surface area contributed by atoms with E-state index in [0.29, 0.717) is 30.2 Å². The van der Waals surface area contributed by atoms with Gasteiger partial charge in [-0.3, -0.25) is 14.4 Å². The summed E-state index contributed by atoms with van der Waals surface area (Å²) in [5.74, 6) is -1.17. The Morgan fingerprint density at radius 1 is 1.00 bits per heavy atom. The van der Waals surface area contributed by atoms with E-state index >= 15 is 0 Å². The second-order valence-corrected chi connectivity index (χ2v) is 13.3. The topological polar surface area (TPSA) is 90.4 Å². The van der Waals surface area contributed by atoms with Crippen LogP contribution < -0.4 is 14.5 Å². The lowest BCUT2D eigenvalue weighted by molar-refractivity contribution is -0.139. The minimum absolute atomic E-state index is 0.0224. The summed E-state index contributed by atoms with van der Waals surface area (Å²) in [7, 11) is 0. The molecule has 3 saturated heterocycles. The van der Waals surface area contributed by atoms with Crippen LogP contribution >= 0.6 is 11.8 Å². The lowest BCUT2D eigenvalue weighted by Gasteiger charge is -2.37. The van der Waals surface area contributed by atoms with E-state index in [1.165, 1.54) is 4.90 Å². The van der Waals surface area contributed by atoms with Gasteiger partial charge < -0.3 is 24.5 Å². The SMILES string of the molecule is C=CCN(C(=O)C1N(CCO)C(=O)[C@@H]2[C@H](C(=O)N(CC=C)c3ccc(OCC)cc3)[C@@H]3CCC12S3)c1ccc2ccccc2c1. The molecule has 45 heavy (non-hydrogen) atoms. The van der Waals surface area contributed by atoms with E-state index in [1.807, 2.05) is 73.7 Å². The average Bonchev–Trinajstić information content (AvgIpc) is 3.70. The van der Waals surface area contributed by atoms with Crippen LogP contribution in [0.1, 0.15) is 19.8 Å². The fourth-order valence-corrected chi connectivity index (χ4v) is 9.73. The molecule has 0 radical (unpaired) electrons. The van der Waals surface area contributed by atoms with E-state index in [1.54, 1.807) is 33.7 Å². The minimum Gasteiger partial charge on any atom is -0.494 e. The molecule has 5 atom stereocenters. The zero-order valence-corrected chi connectivity index (χ0v) is 26.3. The van der Waals surface area contributed by atoms with Gasteiger partial charge >= 0.3 is 0 Å². The number of fused-ring (bicyclic) bond motifs is 2. The van der Waals surface area contributed by atoms with E-state index in [4.69, 9.17) is 4.74 Å². The Hall–Kier alpha value is -4.08. The average molecular weight is 626 g/mol. The molecule has 3 aliphatic rings. The molecule has 3 fully saturated rings. The number of benzene rings is 3. The summed E-state index contributed by atoms with van der Waals surface area (Å²) >= 11 is 1.62. The van der Waals surface area contributed by atoms with Gasteiger partial charge in [0, 0.05) is 36.3 Å². The molecule has 1 N–H and O–H groups in total. The Bertz CT molecular complexity index is 1630. The second kappa shape index (κ2) is 12.7. The smallest absolute Gasteiger partial charge is 0.251 e. The van der Waals surface area contributed by atoms with Crippen molar-refractivity contribution >= 4 is 51.6 Å². The van der Waals surface area contributed by atoms with Crippen LogP contribution in [0, 0.1) is 11.8 Å². The Labute approximate surface area is 268 Å². The highest BCUT2D eigenvalue weighted by atomic mass is 32.2. The lowest BCUT2D eigenvalue weighted by atomic mass is 9.70. The standard InChI is InChI=1S/C36H39N3O5S/c1-4-19-37(26-13-15-28(16-14-26)44-6-3)33(41)30-29-17-18-36(45-29)31(30)34(42)39(21-22-40)32(36)35(43)38(20-5-2)27-12-11-24-9-7-8-10-25(24)23-27/h4-5,7-16,23,29-32,40H,1-2,6,17-22H2,3H3/t29-,30+,31-,32?,36?/m0/s1. The molecule has 234 valence electrons. The fraction of sp³-hybridized carbons (Fsp3) is 0.361. The van der Waals surface area contributed by atoms with Gasteiger partial charge in [0.2, 0.25) is 11.8 Å². The largest absolute Gasteiger partial charge is 0.494 e. The highest BCUT2D eigenvalue weighted by Crippen LogP contribution is 2.66. The van der Waals surface area contributed by atoms with Crippen molar-refractivity contribution < 1.29 is 24.2 Å². The molecule has 9 heteroatoms. The maximum atomic E-state index is 14.7. The van der Waals surface area contributed by atoms with Crippen molar-refractivity contribution in [1.29, 1.82) is 0 Å². The predicted molar refractivity (Wildman–Crippen MR) is 180 cm³/mol. The second-order valence-electron chi connectivity index (χ2n) is 11.7. The molecule has 1 spiro atoms. The molecule has 6 rings (SSSR count). The maximum Gasteiger partial charge on any atom is 0.251 e. The van der Waals surface area contributed by atoms with Gasteiger partial charge in [-0.05, 0) is 66.9 Å². The number of carbonyl (C=O) groups excluding carboxylic acids is 3. The molecule has 3 aromatic carbocycles. The summed E-state index contributed by atoms with van der Waals surface area (Å²) in [5.41, 5.74) is 1.41. The van der Waals surface area contributed by atoms with E-state index < -0.39 is 22.6 Å².